The van der Waals surface area contributed by atoms with Gasteiger partial charge in [-0.25, -0.2) is 0 Å². The van der Waals surface area contributed by atoms with Gasteiger partial charge in [0.15, 0.2) is 0 Å². The van der Waals surface area contributed by atoms with Crippen LogP contribution in [0.2, 0.25) is 0 Å². The number of ketones is 1. The summed E-state index contributed by atoms with van der Waals surface area (Å²) in [5.74, 6) is -8.13. The van der Waals surface area contributed by atoms with Crippen molar-refractivity contribution < 1.29 is 41.1 Å². The van der Waals surface area contributed by atoms with E-state index in [1.165, 1.54) is 11.1 Å². The van der Waals surface area contributed by atoms with Crippen LogP contribution in [-0.2, 0) is 38.4 Å². The third-order valence-electron chi connectivity index (χ3n) is 6.52. The molecule has 0 heterocycles. The molecule has 4 nitrogen and oxygen atoms in total. The zero-order valence-corrected chi connectivity index (χ0v) is 24.0. The van der Waals surface area contributed by atoms with Crippen molar-refractivity contribution in [3.05, 3.63) is 108 Å². The summed E-state index contributed by atoms with van der Waals surface area (Å²) in [6.07, 6.45) is -0.906. The average Bonchev–Trinajstić information content (AvgIpc) is 2.99. The summed E-state index contributed by atoms with van der Waals surface area (Å²) in [4.78, 5) is 34.2. The van der Waals surface area contributed by atoms with Crippen molar-refractivity contribution in [2.75, 3.05) is 0 Å². The van der Waals surface area contributed by atoms with Crippen LogP contribution >= 0.6 is 0 Å². The van der Waals surface area contributed by atoms with E-state index in [2.05, 4.69) is 12.1 Å². The third kappa shape index (κ3) is 14.2. The van der Waals surface area contributed by atoms with Crippen LogP contribution in [-0.4, -0.2) is 29.8 Å². The van der Waals surface area contributed by atoms with E-state index in [0.29, 0.717) is 25.7 Å². The first-order valence-electron chi connectivity index (χ1n) is 14.3. The molecule has 0 fully saturated rings. The first-order valence-corrected chi connectivity index (χ1v) is 14.3. The Labute approximate surface area is 249 Å². The molecule has 3 aromatic rings. The van der Waals surface area contributed by atoms with Crippen molar-refractivity contribution in [2.45, 2.75) is 82.7 Å². The van der Waals surface area contributed by atoms with Gasteiger partial charge in [-0.05, 0) is 68.1 Å². The molecule has 0 unspecified atom stereocenters. The molecular weight excluding hydrogens is 567 g/mol. The van der Waals surface area contributed by atoms with E-state index in [1.807, 2.05) is 66.7 Å². The zero-order valence-electron chi connectivity index (χ0n) is 24.0. The predicted octanol–water partition coefficient (Wildman–Crippen LogP) is 8.66. The molecule has 0 radical (unpaired) electrons. The van der Waals surface area contributed by atoms with Crippen molar-refractivity contribution >= 4 is 17.7 Å². The number of alkyl halides is 5. The van der Waals surface area contributed by atoms with Crippen LogP contribution in [0.4, 0.5) is 22.0 Å². The van der Waals surface area contributed by atoms with Gasteiger partial charge in [-0.3, -0.25) is 14.4 Å². The highest BCUT2D eigenvalue weighted by Gasteiger charge is 2.62. The molecule has 0 bridgehead atoms. The summed E-state index contributed by atoms with van der Waals surface area (Å²) in [7, 11) is 0. The van der Waals surface area contributed by atoms with Crippen molar-refractivity contribution in [1.82, 2.24) is 0 Å². The Morgan fingerprint density at radius 2 is 0.837 bits per heavy atom. The molecule has 0 atom stereocenters. The maximum atomic E-state index is 12.6. The smallest absolute Gasteiger partial charge is 0.393 e. The van der Waals surface area contributed by atoms with Crippen molar-refractivity contribution in [2.24, 2.45) is 0 Å². The van der Waals surface area contributed by atoms with Gasteiger partial charge in [-0.2, -0.15) is 22.0 Å². The predicted molar refractivity (Wildman–Crippen MR) is 154 cm³/mol. The summed E-state index contributed by atoms with van der Waals surface area (Å²) in [6, 6.07) is 29.2. The Bertz CT molecular complexity index is 1230. The number of aryl methyl sites for hydroxylation is 3. The number of carbonyl (C=O) groups excluding carboxylic acids is 3. The highest BCUT2D eigenvalue weighted by atomic mass is 19.4. The Balaban J connectivity index is 0.000000309. The molecule has 0 N–H and O–H groups in total. The van der Waals surface area contributed by atoms with Crippen LogP contribution in [0.15, 0.2) is 91.0 Å². The Morgan fingerprint density at radius 1 is 0.488 bits per heavy atom. The third-order valence-corrected chi connectivity index (χ3v) is 6.52. The minimum absolute atomic E-state index is 0.0133. The van der Waals surface area contributed by atoms with Gasteiger partial charge in [-0.1, -0.05) is 91.0 Å². The second-order valence-corrected chi connectivity index (χ2v) is 10.1. The van der Waals surface area contributed by atoms with Gasteiger partial charge in [0.1, 0.15) is 0 Å². The van der Waals surface area contributed by atoms with E-state index < -0.39 is 36.2 Å². The summed E-state index contributed by atoms with van der Waals surface area (Å²) in [5.41, 5.74) is 3.41. The molecule has 0 aromatic heterocycles. The monoisotopic (exact) mass is 604 g/mol. The van der Waals surface area contributed by atoms with Crippen LogP contribution in [0.25, 0.3) is 0 Å². The van der Waals surface area contributed by atoms with Gasteiger partial charge < -0.3 is 4.74 Å². The lowest BCUT2D eigenvalue weighted by Crippen LogP contribution is -2.43. The lowest BCUT2D eigenvalue weighted by atomic mass is 10.0. The summed E-state index contributed by atoms with van der Waals surface area (Å²) >= 11 is 0. The molecular formula is C34H37F5O4. The molecule has 3 rings (SSSR count). The first-order chi connectivity index (χ1) is 20.5. The first kappa shape index (κ1) is 35.3. The van der Waals surface area contributed by atoms with E-state index in [-0.39, 0.29) is 12.8 Å². The summed E-state index contributed by atoms with van der Waals surface area (Å²) in [5, 5.41) is 0. The quantitative estimate of drug-likeness (QED) is 0.0754. The lowest BCUT2D eigenvalue weighted by molar-refractivity contribution is -0.268. The van der Waals surface area contributed by atoms with Crippen molar-refractivity contribution in [1.29, 1.82) is 0 Å². The number of esters is 2. The molecule has 0 aliphatic carbocycles. The number of hydrogen-bond acceptors (Lipinski definition) is 4. The molecule has 43 heavy (non-hydrogen) atoms. The van der Waals surface area contributed by atoms with Gasteiger partial charge in [0.2, 0.25) is 5.78 Å². The van der Waals surface area contributed by atoms with Gasteiger partial charge in [-0.15, -0.1) is 0 Å². The number of hydrogen-bond donors (Lipinski definition) is 0. The van der Waals surface area contributed by atoms with Crippen LogP contribution < -0.4 is 0 Å². The fraction of sp³-hybridized carbons (Fsp3) is 0.382. The number of carbonyl (C=O) groups is 3. The summed E-state index contributed by atoms with van der Waals surface area (Å²) in [6.45, 7) is 0. The number of unbranched alkanes of at least 4 members (excludes halogenated alkanes) is 2. The fourth-order valence-electron chi connectivity index (χ4n) is 4.13. The largest absolute Gasteiger partial charge is 0.461 e. The average molecular weight is 605 g/mol. The molecule has 0 saturated carbocycles. The molecule has 0 aliphatic heterocycles. The molecule has 9 heteroatoms. The van der Waals surface area contributed by atoms with E-state index in [1.54, 1.807) is 12.1 Å². The van der Waals surface area contributed by atoms with Gasteiger partial charge in [0.05, 0.1) is 0 Å². The Hall–Kier alpha value is -3.88. The van der Waals surface area contributed by atoms with Crippen LogP contribution in [0.1, 0.15) is 68.1 Å². The minimum Gasteiger partial charge on any atom is -0.393 e. The van der Waals surface area contributed by atoms with E-state index in [4.69, 9.17) is 4.74 Å². The Kier molecular flexibility index (Phi) is 15.3. The van der Waals surface area contributed by atoms with E-state index in [0.717, 1.165) is 31.2 Å². The highest BCUT2D eigenvalue weighted by Crippen LogP contribution is 2.37. The second kappa shape index (κ2) is 18.6. The normalized spacial score (nSPS) is 11.3. The fourth-order valence-corrected chi connectivity index (χ4v) is 4.13. The standard InChI is InChI=1S/C21H24O3.C13H13F5O/c22-20(16-8-7-14-18-10-3-1-4-11-18)24-21(23)17-9-15-19-12-5-2-6-13-19;14-12(15,13(16,17)18)11(19)9-5-4-8-10-6-2-1-3-7-10/h1-6,10-13H,7-9,14-17H2;1-3,6-7H,4-5,8-9H2. The van der Waals surface area contributed by atoms with Crippen LogP contribution in [0.3, 0.4) is 0 Å². The molecule has 0 amide bonds. The molecule has 3 aromatic carbocycles. The molecule has 0 spiro atoms. The number of Topliss-reactive ketones (excluding diaryl/α,β-unsaturated/α-hetero) is 1. The van der Waals surface area contributed by atoms with Gasteiger partial charge in [0.25, 0.3) is 0 Å². The van der Waals surface area contributed by atoms with Gasteiger partial charge >= 0.3 is 24.0 Å². The van der Waals surface area contributed by atoms with E-state index >= 15 is 0 Å². The van der Waals surface area contributed by atoms with Gasteiger partial charge in [0, 0.05) is 19.3 Å². The number of ether oxygens (including phenoxy) is 1. The van der Waals surface area contributed by atoms with Crippen LogP contribution in [0, 0.1) is 0 Å². The number of rotatable bonds is 15. The summed E-state index contributed by atoms with van der Waals surface area (Å²) < 4.78 is 65.7. The second-order valence-electron chi connectivity index (χ2n) is 10.1. The number of halogens is 5. The maximum Gasteiger partial charge on any atom is 0.461 e. The zero-order chi connectivity index (χ0) is 31.6. The molecule has 0 aliphatic rings. The lowest BCUT2D eigenvalue weighted by Gasteiger charge is -2.17. The number of benzene rings is 3. The van der Waals surface area contributed by atoms with Crippen LogP contribution in [0.5, 0.6) is 0 Å². The molecule has 232 valence electrons. The maximum absolute atomic E-state index is 12.6. The topological polar surface area (TPSA) is 60.4 Å². The SMILES string of the molecule is O=C(CCCCc1ccccc1)C(F)(F)C(F)(F)F.O=C(CCCCc1ccccc1)OC(=O)CCCc1ccccc1. The molecule has 0 saturated heterocycles. The van der Waals surface area contributed by atoms with Crippen molar-refractivity contribution in [3.8, 4) is 0 Å². The van der Waals surface area contributed by atoms with Crippen molar-refractivity contribution in [3.63, 3.8) is 0 Å². The highest BCUT2D eigenvalue weighted by molar-refractivity contribution is 5.86. The minimum atomic E-state index is -5.80. The Morgan fingerprint density at radius 3 is 1.23 bits per heavy atom. The van der Waals surface area contributed by atoms with E-state index in [9.17, 15) is 36.3 Å².